The number of rotatable bonds is 2. The van der Waals surface area contributed by atoms with Gasteiger partial charge in [0.1, 0.15) is 5.25 Å². The van der Waals surface area contributed by atoms with Gasteiger partial charge >= 0.3 is 0 Å². The van der Waals surface area contributed by atoms with Crippen LogP contribution in [0.15, 0.2) is 24.7 Å². The minimum Gasteiger partial charge on any atom is -0.368 e. The number of nitrogens with one attached hydrogen (secondary N) is 1. The molecule has 0 saturated carbocycles. The third kappa shape index (κ3) is 2.01. The van der Waals surface area contributed by atoms with Crippen LogP contribution in [0.25, 0.3) is 21.9 Å². The van der Waals surface area contributed by atoms with Crippen molar-refractivity contribution in [1.29, 1.82) is 0 Å². The molecule has 1 fully saturated rings. The average molecular weight is 319 g/mol. The third-order valence-electron chi connectivity index (χ3n) is 4.07. The van der Waals surface area contributed by atoms with Crippen LogP contribution in [-0.2, 0) is 10.1 Å². The van der Waals surface area contributed by atoms with Gasteiger partial charge in [-0.2, -0.15) is 13.5 Å². The van der Waals surface area contributed by atoms with Gasteiger partial charge < -0.3 is 4.90 Å². The van der Waals surface area contributed by atoms with E-state index in [2.05, 4.69) is 20.2 Å². The van der Waals surface area contributed by atoms with Gasteiger partial charge in [0.15, 0.2) is 5.65 Å². The maximum Gasteiger partial charge on any atom is 0.269 e. The molecule has 4 heterocycles. The van der Waals surface area contributed by atoms with E-state index in [0.29, 0.717) is 18.6 Å². The molecule has 0 amide bonds. The van der Waals surface area contributed by atoms with Crippen molar-refractivity contribution in [1.82, 2.24) is 20.2 Å². The van der Waals surface area contributed by atoms with E-state index in [1.54, 1.807) is 18.6 Å². The molecule has 8 nitrogen and oxygen atoms in total. The predicted molar refractivity (Wildman–Crippen MR) is 81.4 cm³/mol. The Hall–Kier alpha value is -2.26. The number of H-pyrrole nitrogens is 1. The summed E-state index contributed by atoms with van der Waals surface area (Å²) >= 11 is 0. The maximum absolute atomic E-state index is 11.3. The molecule has 22 heavy (non-hydrogen) atoms. The Kier molecular flexibility index (Phi) is 2.81. The topological polar surface area (TPSA) is 112 Å². The zero-order valence-corrected chi connectivity index (χ0v) is 12.3. The Morgan fingerprint density at radius 2 is 2.18 bits per heavy atom. The maximum atomic E-state index is 11.3. The Morgan fingerprint density at radius 1 is 1.32 bits per heavy atom. The molecule has 0 radical (unpaired) electrons. The molecule has 3 aromatic heterocycles. The number of hydrogen-bond acceptors (Lipinski definition) is 6. The van der Waals surface area contributed by atoms with Crippen molar-refractivity contribution in [3.8, 4) is 0 Å². The van der Waals surface area contributed by atoms with Crippen molar-refractivity contribution in [3.63, 3.8) is 0 Å². The van der Waals surface area contributed by atoms with Crippen molar-refractivity contribution in [2.24, 2.45) is 0 Å². The second-order valence-corrected chi connectivity index (χ2v) is 7.05. The number of fused-ring (bicyclic) bond motifs is 3. The molecule has 9 heteroatoms. The monoisotopic (exact) mass is 319 g/mol. The summed E-state index contributed by atoms with van der Waals surface area (Å²) in [5.74, 6) is 0. The molecule has 1 atom stereocenters. The number of nitrogens with zero attached hydrogens (tertiary/aromatic N) is 4. The van der Waals surface area contributed by atoms with Crippen LogP contribution in [0.2, 0.25) is 0 Å². The molecule has 4 rings (SSSR count). The first kappa shape index (κ1) is 13.4. The van der Waals surface area contributed by atoms with Crippen LogP contribution in [0.3, 0.4) is 0 Å². The fraction of sp³-hybridized carbons (Fsp3) is 0.308. The first-order chi connectivity index (χ1) is 10.5. The molecule has 2 N–H and O–H groups in total. The molecule has 0 aliphatic carbocycles. The summed E-state index contributed by atoms with van der Waals surface area (Å²) in [7, 11) is -4.02. The van der Waals surface area contributed by atoms with Crippen LogP contribution >= 0.6 is 0 Å². The highest BCUT2D eigenvalue weighted by Crippen LogP contribution is 2.32. The Morgan fingerprint density at radius 3 is 2.95 bits per heavy atom. The second kappa shape index (κ2) is 4.62. The van der Waals surface area contributed by atoms with E-state index in [0.717, 1.165) is 22.0 Å². The van der Waals surface area contributed by atoms with Crippen LogP contribution in [0.4, 0.5) is 5.69 Å². The summed E-state index contributed by atoms with van der Waals surface area (Å²) < 4.78 is 31.9. The molecule has 1 unspecified atom stereocenters. The zero-order valence-electron chi connectivity index (χ0n) is 11.5. The summed E-state index contributed by atoms with van der Waals surface area (Å²) in [6.45, 7) is 0.792. The molecule has 0 aromatic carbocycles. The number of aromatic nitrogens is 4. The fourth-order valence-electron chi connectivity index (χ4n) is 2.98. The van der Waals surface area contributed by atoms with Crippen molar-refractivity contribution in [2.45, 2.75) is 11.7 Å². The van der Waals surface area contributed by atoms with Gasteiger partial charge in [0.2, 0.25) is 0 Å². The van der Waals surface area contributed by atoms with Gasteiger partial charge in [-0.1, -0.05) is 0 Å². The highest BCUT2D eigenvalue weighted by atomic mass is 32.2. The minimum atomic E-state index is -4.02. The van der Waals surface area contributed by atoms with E-state index in [4.69, 9.17) is 0 Å². The molecular formula is C13H13N5O3S. The molecule has 3 aromatic rings. The summed E-state index contributed by atoms with van der Waals surface area (Å²) in [5.41, 5.74) is 2.22. The quantitative estimate of drug-likeness (QED) is 0.677. The smallest absolute Gasteiger partial charge is 0.269 e. The fourth-order valence-corrected chi connectivity index (χ4v) is 3.75. The van der Waals surface area contributed by atoms with Crippen LogP contribution in [0.5, 0.6) is 0 Å². The number of hydrogen-bond donors (Lipinski definition) is 2. The van der Waals surface area contributed by atoms with Gasteiger partial charge in [-0.05, 0) is 12.5 Å². The highest BCUT2D eigenvalue weighted by molar-refractivity contribution is 7.86. The number of anilines is 1. The molecule has 0 bridgehead atoms. The molecule has 1 aliphatic heterocycles. The molecule has 1 saturated heterocycles. The van der Waals surface area contributed by atoms with E-state index in [9.17, 15) is 13.0 Å². The van der Waals surface area contributed by atoms with Gasteiger partial charge in [0, 0.05) is 30.1 Å². The van der Waals surface area contributed by atoms with Gasteiger partial charge in [-0.3, -0.25) is 9.65 Å². The van der Waals surface area contributed by atoms with Gasteiger partial charge in [0.25, 0.3) is 10.1 Å². The lowest BCUT2D eigenvalue weighted by Crippen LogP contribution is -2.26. The van der Waals surface area contributed by atoms with Crippen LogP contribution < -0.4 is 4.90 Å². The van der Waals surface area contributed by atoms with Crippen molar-refractivity contribution >= 4 is 37.7 Å². The summed E-state index contributed by atoms with van der Waals surface area (Å²) in [6, 6.07) is 1.87. The van der Waals surface area contributed by atoms with E-state index < -0.39 is 15.4 Å². The summed E-state index contributed by atoms with van der Waals surface area (Å²) in [6.07, 6.45) is 5.41. The number of pyridine rings is 1. The SMILES string of the molecule is O=S(=O)(O)C1CCN(c2cn[nH]c3cnc4nccc4c23)C1. The second-order valence-electron chi connectivity index (χ2n) is 5.36. The minimum absolute atomic E-state index is 0.248. The van der Waals surface area contributed by atoms with Crippen LogP contribution in [0.1, 0.15) is 6.42 Å². The van der Waals surface area contributed by atoms with Gasteiger partial charge in [-0.15, -0.1) is 0 Å². The van der Waals surface area contributed by atoms with Crippen LogP contribution in [-0.4, -0.2) is 51.5 Å². The Balaban J connectivity index is 1.87. The molecule has 1 aliphatic rings. The lowest BCUT2D eigenvalue weighted by molar-refractivity contribution is 0.470. The van der Waals surface area contributed by atoms with Crippen molar-refractivity contribution < 1.29 is 13.0 Å². The number of aromatic amines is 1. The third-order valence-corrected chi connectivity index (χ3v) is 5.30. The van der Waals surface area contributed by atoms with E-state index in [-0.39, 0.29) is 6.54 Å². The normalized spacial score (nSPS) is 19.3. The predicted octanol–water partition coefficient (Wildman–Crippen LogP) is 0.973. The first-order valence-corrected chi connectivity index (χ1v) is 8.32. The van der Waals surface area contributed by atoms with Gasteiger partial charge in [-0.25, -0.2) is 9.97 Å². The summed E-state index contributed by atoms with van der Waals surface area (Å²) in [4.78, 5) is 10.4. The van der Waals surface area contributed by atoms with E-state index in [1.165, 1.54) is 0 Å². The lowest BCUT2D eigenvalue weighted by Gasteiger charge is -2.19. The summed E-state index contributed by atoms with van der Waals surface area (Å²) in [5, 5.41) is 8.04. The van der Waals surface area contributed by atoms with Crippen LogP contribution in [0, 0.1) is 0 Å². The first-order valence-electron chi connectivity index (χ1n) is 6.82. The van der Waals surface area contributed by atoms with E-state index in [1.807, 2.05) is 11.0 Å². The van der Waals surface area contributed by atoms with E-state index >= 15 is 0 Å². The highest BCUT2D eigenvalue weighted by Gasteiger charge is 2.32. The van der Waals surface area contributed by atoms with Crippen molar-refractivity contribution in [3.05, 3.63) is 24.7 Å². The lowest BCUT2D eigenvalue weighted by atomic mass is 10.1. The van der Waals surface area contributed by atoms with Gasteiger partial charge in [0.05, 0.1) is 23.6 Å². The largest absolute Gasteiger partial charge is 0.368 e. The Bertz CT molecular complexity index is 968. The Labute approximate surface area is 125 Å². The molecule has 0 spiro atoms. The zero-order chi connectivity index (χ0) is 15.3. The van der Waals surface area contributed by atoms with Crippen molar-refractivity contribution in [2.75, 3.05) is 18.0 Å². The molecule has 114 valence electrons. The standard InChI is InChI=1S/C13H13N5O3S/c19-22(20,21)8-2-4-18(7-8)11-6-16-17-10-5-15-13-9(12(10)11)1-3-14-13/h1,3,5-6,8,17H,2,4,7H2,(H,19,20,21). The molecular weight excluding hydrogens is 306 g/mol. The average Bonchev–Trinajstić information content (AvgIpc) is 3.15.